The number of hydrogen-bond acceptors (Lipinski definition) is 5. The maximum Gasteiger partial charge on any atom is 0.234 e. The van der Waals surface area contributed by atoms with Gasteiger partial charge in [-0.25, -0.2) is 4.98 Å². The first kappa shape index (κ1) is 18.4. The predicted octanol–water partition coefficient (Wildman–Crippen LogP) is 4.01. The summed E-state index contributed by atoms with van der Waals surface area (Å²) < 4.78 is 12.8. The molecule has 1 aliphatic heterocycles. The predicted molar refractivity (Wildman–Crippen MR) is 109 cm³/mol. The Kier molecular flexibility index (Phi) is 5.25. The van der Waals surface area contributed by atoms with Crippen molar-refractivity contribution in [2.45, 2.75) is 25.5 Å². The molecule has 1 N–H and O–H groups in total. The van der Waals surface area contributed by atoms with Gasteiger partial charge in [0, 0.05) is 24.6 Å². The third-order valence-corrected chi connectivity index (χ3v) is 5.68. The molecule has 0 spiro atoms. The fourth-order valence-corrected chi connectivity index (χ4v) is 3.75. The van der Waals surface area contributed by atoms with E-state index in [1.54, 1.807) is 6.20 Å². The Morgan fingerprint density at radius 1 is 1.21 bits per heavy atom. The van der Waals surface area contributed by atoms with E-state index in [2.05, 4.69) is 10.3 Å². The SMILES string of the molecule is Cc1cccc(NC(=O)CSc2nccn2Cc2ccc3c(c2)OCO3)c1C. The summed E-state index contributed by atoms with van der Waals surface area (Å²) in [6.45, 7) is 4.96. The largest absolute Gasteiger partial charge is 0.454 e. The first-order valence-corrected chi connectivity index (χ1v) is 9.97. The molecule has 1 aliphatic rings. The zero-order chi connectivity index (χ0) is 19.5. The molecule has 3 aromatic rings. The van der Waals surface area contributed by atoms with Crippen molar-refractivity contribution in [2.75, 3.05) is 17.9 Å². The van der Waals surface area contributed by atoms with Gasteiger partial charge < -0.3 is 19.4 Å². The van der Waals surface area contributed by atoms with Gasteiger partial charge in [0.15, 0.2) is 16.7 Å². The van der Waals surface area contributed by atoms with Gasteiger partial charge in [0.1, 0.15) is 0 Å². The number of fused-ring (bicyclic) bond motifs is 1. The number of nitrogens with zero attached hydrogens (tertiary/aromatic N) is 2. The minimum Gasteiger partial charge on any atom is -0.454 e. The van der Waals surface area contributed by atoms with Gasteiger partial charge in [0.05, 0.1) is 5.75 Å². The van der Waals surface area contributed by atoms with Gasteiger partial charge in [0.25, 0.3) is 0 Å². The topological polar surface area (TPSA) is 65.4 Å². The fraction of sp³-hybridized carbons (Fsp3) is 0.238. The van der Waals surface area contributed by atoms with Crippen molar-refractivity contribution >= 4 is 23.4 Å². The minimum absolute atomic E-state index is 0.0451. The molecule has 2 aromatic carbocycles. The molecule has 0 saturated carbocycles. The molecule has 0 fully saturated rings. The lowest BCUT2D eigenvalue weighted by Crippen LogP contribution is -2.15. The third kappa shape index (κ3) is 3.99. The number of carbonyl (C=O) groups excluding carboxylic acids is 1. The van der Waals surface area contributed by atoms with Gasteiger partial charge in [-0.3, -0.25) is 4.79 Å². The molecular formula is C21H21N3O3S. The summed E-state index contributed by atoms with van der Waals surface area (Å²) in [6.07, 6.45) is 3.66. The van der Waals surface area contributed by atoms with Crippen LogP contribution in [0, 0.1) is 13.8 Å². The summed E-state index contributed by atoms with van der Waals surface area (Å²) >= 11 is 1.42. The zero-order valence-electron chi connectivity index (χ0n) is 15.8. The summed E-state index contributed by atoms with van der Waals surface area (Å²) in [4.78, 5) is 16.8. The van der Waals surface area contributed by atoms with Crippen LogP contribution in [-0.2, 0) is 11.3 Å². The van der Waals surface area contributed by atoms with Crippen molar-refractivity contribution in [1.82, 2.24) is 9.55 Å². The molecule has 4 rings (SSSR count). The van der Waals surface area contributed by atoms with Crippen LogP contribution in [0.1, 0.15) is 16.7 Å². The van der Waals surface area contributed by atoms with Crippen LogP contribution in [0.4, 0.5) is 5.69 Å². The Hall–Kier alpha value is -2.93. The molecule has 2 heterocycles. The Bertz CT molecular complexity index is 1020. The molecule has 28 heavy (non-hydrogen) atoms. The highest BCUT2D eigenvalue weighted by molar-refractivity contribution is 7.99. The van der Waals surface area contributed by atoms with Crippen LogP contribution in [0.15, 0.2) is 53.9 Å². The van der Waals surface area contributed by atoms with Crippen LogP contribution < -0.4 is 14.8 Å². The molecule has 144 valence electrons. The first-order valence-electron chi connectivity index (χ1n) is 8.98. The number of benzene rings is 2. The zero-order valence-corrected chi connectivity index (χ0v) is 16.6. The molecule has 0 atom stereocenters. The van der Waals surface area contributed by atoms with E-state index in [9.17, 15) is 4.79 Å². The van der Waals surface area contributed by atoms with Gasteiger partial charge in [0.2, 0.25) is 12.7 Å². The molecule has 0 bridgehead atoms. The second-order valence-corrected chi connectivity index (χ2v) is 7.55. The van der Waals surface area contributed by atoms with E-state index in [4.69, 9.17) is 9.47 Å². The van der Waals surface area contributed by atoms with Crippen LogP contribution >= 0.6 is 11.8 Å². The second kappa shape index (κ2) is 7.98. The molecule has 0 radical (unpaired) electrons. The molecule has 6 nitrogen and oxygen atoms in total. The summed E-state index contributed by atoms with van der Waals surface area (Å²) in [6, 6.07) is 11.8. The average molecular weight is 395 g/mol. The summed E-state index contributed by atoms with van der Waals surface area (Å²) in [5.41, 5.74) is 4.19. The lowest BCUT2D eigenvalue weighted by atomic mass is 10.1. The van der Waals surface area contributed by atoms with Crippen molar-refractivity contribution in [2.24, 2.45) is 0 Å². The number of amides is 1. The molecule has 7 heteroatoms. The van der Waals surface area contributed by atoms with Crippen LogP contribution in [-0.4, -0.2) is 28.0 Å². The van der Waals surface area contributed by atoms with Gasteiger partial charge >= 0.3 is 0 Å². The number of thioether (sulfide) groups is 1. The van der Waals surface area contributed by atoms with Crippen LogP contribution in [0.3, 0.4) is 0 Å². The van der Waals surface area contributed by atoms with E-state index < -0.39 is 0 Å². The van der Waals surface area contributed by atoms with Crippen molar-refractivity contribution in [1.29, 1.82) is 0 Å². The third-order valence-electron chi connectivity index (χ3n) is 4.68. The molecule has 0 aliphatic carbocycles. The van der Waals surface area contributed by atoms with E-state index in [1.165, 1.54) is 11.8 Å². The number of imidazole rings is 1. The normalized spacial score (nSPS) is 12.2. The standard InChI is InChI=1S/C21H21N3O3S/c1-14-4-3-5-17(15(14)2)23-20(25)12-28-21-22-8-9-24(21)11-16-6-7-18-19(10-16)27-13-26-18/h3-10H,11-13H2,1-2H3,(H,23,25). The van der Waals surface area contributed by atoms with E-state index in [-0.39, 0.29) is 12.7 Å². The van der Waals surface area contributed by atoms with Crippen molar-refractivity contribution in [3.63, 3.8) is 0 Å². The summed E-state index contributed by atoms with van der Waals surface area (Å²) in [5, 5.41) is 3.78. The highest BCUT2D eigenvalue weighted by Gasteiger charge is 2.14. The van der Waals surface area contributed by atoms with Gasteiger partial charge in [-0.2, -0.15) is 0 Å². The van der Waals surface area contributed by atoms with Crippen LogP contribution in [0.5, 0.6) is 11.5 Å². The monoisotopic (exact) mass is 395 g/mol. The van der Waals surface area contributed by atoms with E-state index in [0.717, 1.165) is 39.0 Å². The van der Waals surface area contributed by atoms with E-state index >= 15 is 0 Å². The maximum atomic E-state index is 12.4. The Labute approximate surface area is 167 Å². The quantitative estimate of drug-likeness (QED) is 0.639. The Morgan fingerprint density at radius 2 is 2.07 bits per heavy atom. The average Bonchev–Trinajstić information content (AvgIpc) is 3.32. The Balaban J connectivity index is 1.38. The smallest absolute Gasteiger partial charge is 0.234 e. The van der Waals surface area contributed by atoms with Gasteiger partial charge in [-0.15, -0.1) is 0 Å². The van der Waals surface area contributed by atoms with E-state index in [0.29, 0.717) is 12.3 Å². The number of ether oxygens (including phenoxy) is 2. The molecular weight excluding hydrogens is 374 g/mol. The highest BCUT2D eigenvalue weighted by Crippen LogP contribution is 2.33. The summed E-state index contributed by atoms with van der Waals surface area (Å²) in [7, 11) is 0. The fourth-order valence-electron chi connectivity index (χ4n) is 2.99. The van der Waals surface area contributed by atoms with E-state index in [1.807, 2.05) is 61.0 Å². The number of nitrogens with one attached hydrogen (secondary N) is 1. The molecule has 0 unspecified atom stereocenters. The van der Waals surface area contributed by atoms with Crippen LogP contribution in [0.25, 0.3) is 0 Å². The number of aryl methyl sites for hydroxylation is 1. The number of hydrogen-bond donors (Lipinski definition) is 1. The number of carbonyl (C=O) groups is 1. The number of anilines is 1. The van der Waals surface area contributed by atoms with Crippen molar-refractivity contribution in [3.05, 3.63) is 65.5 Å². The highest BCUT2D eigenvalue weighted by atomic mass is 32.2. The van der Waals surface area contributed by atoms with Crippen molar-refractivity contribution < 1.29 is 14.3 Å². The molecule has 1 aromatic heterocycles. The van der Waals surface area contributed by atoms with Crippen LogP contribution in [0.2, 0.25) is 0 Å². The Morgan fingerprint density at radius 3 is 2.96 bits per heavy atom. The molecule has 1 amide bonds. The van der Waals surface area contributed by atoms with Gasteiger partial charge in [-0.1, -0.05) is 30.0 Å². The lowest BCUT2D eigenvalue weighted by Gasteiger charge is -2.11. The molecule has 0 saturated heterocycles. The second-order valence-electron chi connectivity index (χ2n) is 6.61. The maximum absolute atomic E-state index is 12.4. The number of rotatable bonds is 6. The lowest BCUT2D eigenvalue weighted by molar-refractivity contribution is -0.113. The first-order chi connectivity index (χ1) is 13.6. The minimum atomic E-state index is -0.0451. The van der Waals surface area contributed by atoms with Gasteiger partial charge in [-0.05, 0) is 48.7 Å². The summed E-state index contributed by atoms with van der Waals surface area (Å²) in [5.74, 6) is 1.79. The number of aromatic nitrogens is 2. The van der Waals surface area contributed by atoms with Crippen molar-refractivity contribution in [3.8, 4) is 11.5 Å².